The Morgan fingerprint density at radius 2 is 1.54 bits per heavy atom. The van der Waals surface area contributed by atoms with E-state index in [1.54, 1.807) is 6.07 Å². The molecule has 138 valence electrons. The number of hydrogen-bond donors (Lipinski definition) is 1. The topological polar surface area (TPSA) is 47.6 Å². The van der Waals surface area contributed by atoms with Gasteiger partial charge in [-0.2, -0.15) is 0 Å². The van der Waals surface area contributed by atoms with Gasteiger partial charge in [-0.3, -0.25) is 4.79 Å². The van der Waals surface area contributed by atoms with E-state index in [4.69, 9.17) is 9.47 Å². The molecule has 0 radical (unpaired) electrons. The average Bonchev–Trinajstić information content (AvgIpc) is 2.58. The zero-order valence-electron chi connectivity index (χ0n) is 16.0. The van der Waals surface area contributed by atoms with Crippen molar-refractivity contribution in [2.45, 2.75) is 33.1 Å². The van der Waals surface area contributed by atoms with Gasteiger partial charge in [0.1, 0.15) is 18.1 Å². The zero-order chi connectivity index (χ0) is 19.2. The Morgan fingerprint density at radius 1 is 0.962 bits per heavy atom. The van der Waals surface area contributed by atoms with Gasteiger partial charge in [0.25, 0.3) is 5.91 Å². The summed E-state index contributed by atoms with van der Waals surface area (Å²) in [6.07, 6.45) is 0. The first kappa shape index (κ1) is 19.6. The van der Waals surface area contributed by atoms with Gasteiger partial charge in [0, 0.05) is 0 Å². The molecule has 1 amide bonds. The van der Waals surface area contributed by atoms with Gasteiger partial charge >= 0.3 is 0 Å². The number of hydrogen-bond acceptors (Lipinski definition) is 3. The van der Waals surface area contributed by atoms with Gasteiger partial charge in [0.05, 0.1) is 5.69 Å². The summed E-state index contributed by atoms with van der Waals surface area (Å²) in [5, 5.41) is 2.84. The van der Waals surface area contributed by atoms with Crippen molar-refractivity contribution in [1.29, 1.82) is 0 Å². The third-order valence-corrected chi connectivity index (χ3v) is 3.69. The first-order valence-corrected chi connectivity index (χ1v) is 8.66. The van der Waals surface area contributed by atoms with Crippen molar-refractivity contribution < 1.29 is 14.3 Å². The Labute approximate surface area is 155 Å². The highest BCUT2D eigenvalue weighted by Gasteiger charge is 2.19. The number of carbonyl (C=O) groups excluding carboxylic acids is 1. The summed E-state index contributed by atoms with van der Waals surface area (Å²) < 4.78 is 11.4. The van der Waals surface area contributed by atoms with Crippen LogP contribution in [0, 0.1) is 0 Å². The van der Waals surface area contributed by atoms with E-state index in [0.717, 1.165) is 16.9 Å². The second-order valence-corrected chi connectivity index (χ2v) is 7.32. The lowest BCUT2D eigenvalue weighted by molar-refractivity contribution is -0.118. The van der Waals surface area contributed by atoms with Crippen molar-refractivity contribution in [3.63, 3.8) is 0 Å². The van der Waals surface area contributed by atoms with Gasteiger partial charge in [0.2, 0.25) is 0 Å². The van der Waals surface area contributed by atoms with Gasteiger partial charge in [-0.1, -0.05) is 57.7 Å². The van der Waals surface area contributed by atoms with Gasteiger partial charge < -0.3 is 14.8 Å². The van der Waals surface area contributed by atoms with E-state index in [2.05, 4.69) is 32.7 Å². The van der Waals surface area contributed by atoms with Crippen LogP contribution in [0.2, 0.25) is 0 Å². The third kappa shape index (κ3) is 5.66. The fourth-order valence-corrected chi connectivity index (χ4v) is 2.44. The van der Waals surface area contributed by atoms with Crippen LogP contribution < -0.4 is 14.8 Å². The molecule has 0 aliphatic rings. The van der Waals surface area contributed by atoms with Crippen LogP contribution in [0.5, 0.6) is 11.5 Å². The van der Waals surface area contributed by atoms with Crippen molar-refractivity contribution in [2.24, 2.45) is 0 Å². The molecule has 2 aromatic rings. The molecule has 0 fully saturated rings. The highest BCUT2D eigenvalue weighted by molar-refractivity contribution is 5.93. The SMILES string of the molecule is C=C(C)COc1ccccc1NC(=O)COc1ccccc1C(C)(C)C. The molecule has 26 heavy (non-hydrogen) atoms. The molecule has 2 rings (SSSR count). The number of amides is 1. The van der Waals surface area contributed by atoms with Crippen LogP contribution in [0.15, 0.2) is 60.7 Å². The van der Waals surface area contributed by atoms with Crippen LogP contribution in [-0.2, 0) is 10.2 Å². The molecule has 0 unspecified atom stereocenters. The normalized spacial score (nSPS) is 10.9. The molecule has 2 aromatic carbocycles. The number of nitrogens with one attached hydrogen (secondary N) is 1. The summed E-state index contributed by atoms with van der Waals surface area (Å²) >= 11 is 0. The number of para-hydroxylation sites is 3. The Balaban J connectivity index is 2.02. The first-order chi connectivity index (χ1) is 12.3. The van der Waals surface area contributed by atoms with Gasteiger partial charge in [-0.25, -0.2) is 0 Å². The first-order valence-electron chi connectivity index (χ1n) is 8.66. The van der Waals surface area contributed by atoms with E-state index >= 15 is 0 Å². The maximum Gasteiger partial charge on any atom is 0.262 e. The summed E-state index contributed by atoms with van der Waals surface area (Å²) in [4.78, 5) is 12.3. The molecule has 4 nitrogen and oxygen atoms in total. The van der Waals surface area contributed by atoms with E-state index in [1.165, 1.54) is 0 Å². The largest absolute Gasteiger partial charge is 0.487 e. The van der Waals surface area contributed by atoms with E-state index in [-0.39, 0.29) is 17.9 Å². The molecule has 0 saturated heterocycles. The Bertz CT molecular complexity index is 775. The zero-order valence-corrected chi connectivity index (χ0v) is 16.0. The van der Waals surface area contributed by atoms with Crippen molar-refractivity contribution in [3.8, 4) is 11.5 Å². The minimum Gasteiger partial charge on any atom is -0.487 e. The van der Waals surface area contributed by atoms with Crippen molar-refractivity contribution >= 4 is 11.6 Å². The predicted octanol–water partition coefficient (Wildman–Crippen LogP) is 4.96. The molecule has 0 atom stereocenters. The summed E-state index contributed by atoms with van der Waals surface area (Å²) in [6.45, 7) is 12.4. The standard InChI is InChI=1S/C22H27NO3/c1-16(2)14-25-20-13-9-7-11-18(20)23-21(24)15-26-19-12-8-6-10-17(19)22(3,4)5/h6-13H,1,14-15H2,2-5H3,(H,23,24). The minimum absolute atomic E-state index is 0.0595. The fourth-order valence-electron chi connectivity index (χ4n) is 2.44. The van der Waals surface area contributed by atoms with Crippen LogP contribution in [0.25, 0.3) is 0 Å². The highest BCUT2D eigenvalue weighted by atomic mass is 16.5. The van der Waals surface area contributed by atoms with E-state index in [9.17, 15) is 4.79 Å². The Kier molecular flexibility index (Phi) is 6.45. The molecule has 0 heterocycles. The molecular formula is C22H27NO3. The lowest BCUT2D eigenvalue weighted by Gasteiger charge is -2.22. The average molecular weight is 353 g/mol. The molecule has 1 N–H and O–H groups in total. The van der Waals surface area contributed by atoms with Crippen molar-refractivity contribution in [2.75, 3.05) is 18.5 Å². The smallest absolute Gasteiger partial charge is 0.262 e. The second-order valence-electron chi connectivity index (χ2n) is 7.32. The van der Waals surface area contributed by atoms with Crippen LogP contribution in [-0.4, -0.2) is 19.1 Å². The Morgan fingerprint density at radius 3 is 2.19 bits per heavy atom. The molecule has 0 aromatic heterocycles. The lowest BCUT2D eigenvalue weighted by atomic mass is 9.86. The summed E-state index contributed by atoms with van der Waals surface area (Å²) in [5.41, 5.74) is 2.54. The van der Waals surface area contributed by atoms with Gasteiger partial charge in [-0.05, 0) is 41.7 Å². The van der Waals surface area contributed by atoms with Crippen LogP contribution in [0.1, 0.15) is 33.3 Å². The molecule has 0 saturated carbocycles. The monoisotopic (exact) mass is 353 g/mol. The maximum atomic E-state index is 12.3. The van der Waals surface area contributed by atoms with E-state index in [0.29, 0.717) is 18.0 Å². The predicted molar refractivity (Wildman–Crippen MR) is 106 cm³/mol. The Hall–Kier alpha value is -2.75. The van der Waals surface area contributed by atoms with Gasteiger partial charge in [-0.15, -0.1) is 0 Å². The molecular weight excluding hydrogens is 326 g/mol. The summed E-state index contributed by atoms with van der Waals surface area (Å²) in [5.74, 6) is 1.10. The summed E-state index contributed by atoms with van der Waals surface area (Å²) in [6, 6.07) is 15.1. The number of ether oxygens (including phenoxy) is 2. The van der Waals surface area contributed by atoms with Crippen LogP contribution in [0.3, 0.4) is 0 Å². The third-order valence-electron chi connectivity index (χ3n) is 3.69. The molecule has 0 aliphatic heterocycles. The summed E-state index contributed by atoms with van der Waals surface area (Å²) in [7, 11) is 0. The molecule has 0 aliphatic carbocycles. The second kappa shape index (κ2) is 8.56. The van der Waals surface area contributed by atoms with Crippen LogP contribution >= 0.6 is 0 Å². The number of rotatable bonds is 7. The quantitative estimate of drug-likeness (QED) is 0.716. The number of anilines is 1. The molecule has 4 heteroatoms. The van der Waals surface area contributed by atoms with Crippen LogP contribution in [0.4, 0.5) is 5.69 Å². The highest BCUT2D eigenvalue weighted by Crippen LogP contribution is 2.31. The lowest BCUT2D eigenvalue weighted by Crippen LogP contribution is -2.22. The van der Waals surface area contributed by atoms with E-state index < -0.39 is 0 Å². The van der Waals surface area contributed by atoms with Crippen molar-refractivity contribution in [3.05, 3.63) is 66.2 Å². The van der Waals surface area contributed by atoms with Crippen molar-refractivity contribution in [1.82, 2.24) is 0 Å². The van der Waals surface area contributed by atoms with E-state index in [1.807, 2.05) is 49.4 Å². The number of benzene rings is 2. The van der Waals surface area contributed by atoms with Gasteiger partial charge in [0.15, 0.2) is 6.61 Å². The molecule has 0 bridgehead atoms. The molecule has 0 spiro atoms. The minimum atomic E-state index is -0.236. The number of carbonyl (C=O) groups is 1. The fraction of sp³-hybridized carbons (Fsp3) is 0.318. The maximum absolute atomic E-state index is 12.3.